The van der Waals surface area contributed by atoms with Crippen molar-refractivity contribution in [2.75, 3.05) is 0 Å². The fraction of sp³-hybridized carbons (Fsp3) is 0.882. The van der Waals surface area contributed by atoms with E-state index in [1.165, 1.54) is 0 Å². The normalized spacial score (nSPS) is 61.9. The Hall–Kier alpha value is -1.14. The summed E-state index contributed by atoms with van der Waals surface area (Å²) in [5.41, 5.74) is -0.921. The number of rotatable bonds is 3. The van der Waals surface area contributed by atoms with Gasteiger partial charge in [-0.3, -0.25) is 20.2 Å². The zero-order chi connectivity index (χ0) is 16.0. The summed E-state index contributed by atoms with van der Waals surface area (Å²) < 4.78 is 11.6. The lowest BCUT2D eigenvalue weighted by atomic mass is 9.87. The van der Waals surface area contributed by atoms with Crippen LogP contribution in [0.15, 0.2) is 0 Å². The van der Waals surface area contributed by atoms with Crippen molar-refractivity contribution in [1.82, 2.24) is 10.6 Å². The highest BCUT2D eigenvalue weighted by atomic mass is 16.6. The minimum atomic E-state index is -0.488. The van der Waals surface area contributed by atoms with Gasteiger partial charge in [-0.15, -0.1) is 0 Å². The van der Waals surface area contributed by atoms with Crippen molar-refractivity contribution in [3.05, 3.63) is 0 Å². The lowest BCUT2D eigenvalue weighted by Gasteiger charge is -2.29. The Balaban J connectivity index is 1.28. The third kappa shape index (κ3) is 1.16. The first-order valence-corrected chi connectivity index (χ1v) is 8.75. The molecule has 0 aromatic rings. The fourth-order valence-corrected chi connectivity index (χ4v) is 6.38. The summed E-state index contributed by atoms with van der Waals surface area (Å²) in [6.45, 7) is 6.36. The zero-order valence-corrected chi connectivity index (χ0v) is 13.6. The molecule has 0 spiro atoms. The van der Waals surface area contributed by atoms with E-state index in [0.717, 1.165) is 19.3 Å². The summed E-state index contributed by atoms with van der Waals surface area (Å²) in [5.74, 6) is 0.438. The van der Waals surface area contributed by atoms with E-state index in [1.54, 1.807) is 0 Å². The van der Waals surface area contributed by atoms with Crippen molar-refractivity contribution < 1.29 is 19.1 Å². The SMILES string of the molecule is CC1(C)CC1(C(=O)OC1C2CC3C(=O)OC1C3C2)C12NC1(C)N2. The second kappa shape index (κ2) is 3.18. The Morgan fingerprint density at radius 3 is 2.48 bits per heavy atom. The summed E-state index contributed by atoms with van der Waals surface area (Å²) in [6.07, 6.45) is 2.20. The second-order valence-corrected chi connectivity index (χ2v) is 9.36. The molecule has 3 saturated carbocycles. The first-order chi connectivity index (χ1) is 10.7. The van der Waals surface area contributed by atoms with Crippen molar-refractivity contribution >= 4 is 11.9 Å². The monoisotopic (exact) mass is 318 g/mol. The van der Waals surface area contributed by atoms with Crippen molar-refractivity contribution in [2.45, 2.75) is 63.6 Å². The van der Waals surface area contributed by atoms with Crippen molar-refractivity contribution in [1.29, 1.82) is 0 Å². The van der Waals surface area contributed by atoms with E-state index >= 15 is 0 Å². The van der Waals surface area contributed by atoms with E-state index in [4.69, 9.17) is 9.47 Å². The molecule has 6 fully saturated rings. The highest BCUT2D eigenvalue weighted by Gasteiger charge is 2.97. The Morgan fingerprint density at radius 1 is 1.26 bits per heavy atom. The van der Waals surface area contributed by atoms with Gasteiger partial charge in [0.05, 0.1) is 5.92 Å². The molecule has 0 radical (unpaired) electrons. The third-order valence-corrected chi connectivity index (χ3v) is 7.88. The molecule has 6 nitrogen and oxygen atoms in total. The molecule has 0 aromatic carbocycles. The lowest BCUT2D eigenvalue weighted by Crippen LogP contribution is -2.45. The van der Waals surface area contributed by atoms with Gasteiger partial charge in [0.15, 0.2) is 0 Å². The Labute approximate surface area is 134 Å². The number of nitrogens with one attached hydrogen (secondary N) is 2. The van der Waals surface area contributed by atoms with E-state index in [9.17, 15) is 9.59 Å². The van der Waals surface area contributed by atoms with Gasteiger partial charge in [0.25, 0.3) is 0 Å². The Morgan fingerprint density at radius 2 is 1.91 bits per heavy atom. The van der Waals surface area contributed by atoms with Crippen molar-refractivity contribution in [3.63, 3.8) is 0 Å². The number of fused-ring (bicyclic) bond motifs is 2. The largest absolute Gasteiger partial charge is 0.458 e. The number of esters is 2. The molecule has 3 heterocycles. The van der Waals surface area contributed by atoms with Gasteiger partial charge in [0.1, 0.15) is 28.9 Å². The molecule has 6 atom stereocenters. The summed E-state index contributed by atoms with van der Waals surface area (Å²) in [6, 6.07) is 0. The average Bonchev–Trinajstić information content (AvgIpc) is 3.21. The van der Waals surface area contributed by atoms with Gasteiger partial charge in [-0.05, 0) is 31.6 Å². The highest BCUT2D eigenvalue weighted by Crippen LogP contribution is 2.79. The van der Waals surface area contributed by atoms with Gasteiger partial charge < -0.3 is 9.47 Å². The quantitative estimate of drug-likeness (QED) is 0.581. The van der Waals surface area contributed by atoms with Crippen LogP contribution >= 0.6 is 0 Å². The second-order valence-electron chi connectivity index (χ2n) is 9.36. The maximum Gasteiger partial charge on any atom is 0.316 e. The van der Waals surface area contributed by atoms with Crippen LogP contribution in [0.1, 0.15) is 40.0 Å². The maximum absolute atomic E-state index is 13.1. The van der Waals surface area contributed by atoms with Crippen LogP contribution in [-0.2, 0) is 19.1 Å². The average molecular weight is 318 g/mol. The summed E-state index contributed by atoms with van der Waals surface area (Å²) >= 11 is 0. The molecule has 6 aliphatic rings. The van der Waals surface area contributed by atoms with Gasteiger partial charge in [0.2, 0.25) is 0 Å². The number of ether oxygens (including phenoxy) is 2. The minimum absolute atomic E-state index is 0.0587. The van der Waals surface area contributed by atoms with Gasteiger partial charge in [-0.2, -0.15) is 0 Å². The van der Waals surface area contributed by atoms with Gasteiger partial charge in [-0.25, -0.2) is 0 Å². The molecule has 6 rings (SSSR count). The molecule has 3 aliphatic carbocycles. The van der Waals surface area contributed by atoms with Gasteiger partial charge >= 0.3 is 11.9 Å². The van der Waals surface area contributed by atoms with Crippen LogP contribution in [0, 0.1) is 28.6 Å². The molecule has 6 unspecified atom stereocenters. The predicted octanol–water partition coefficient (Wildman–Crippen LogP) is 0.515. The number of carbonyl (C=O) groups excluding carboxylic acids is 2. The fourth-order valence-electron chi connectivity index (χ4n) is 6.38. The molecule has 6 heteroatoms. The van der Waals surface area contributed by atoms with Gasteiger partial charge in [-0.1, -0.05) is 13.8 Å². The third-order valence-electron chi connectivity index (χ3n) is 7.88. The summed E-state index contributed by atoms with van der Waals surface area (Å²) in [7, 11) is 0. The molecule has 3 aliphatic heterocycles. The van der Waals surface area contributed by atoms with Crippen molar-refractivity contribution in [3.8, 4) is 0 Å². The summed E-state index contributed by atoms with van der Waals surface area (Å²) in [5, 5.41) is 6.85. The molecule has 124 valence electrons. The van der Waals surface area contributed by atoms with Crippen LogP contribution in [0.5, 0.6) is 0 Å². The van der Waals surface area contributed by atoms with E-state index < -0.39 is 5.41 Å². The zero-order valence-electron chi connectivity index (χ0n) is 13.6. The molecule has 23 heavy (non-hydrogen) atoms. The van der Waals surface area contributed by atoms with E-state index in [1.807, 2.05) is 0 Å². The molecule has 0 aromatic heterocycles. The topological polar surface area (TPSA) is 96.5 Å². The molecular weight excluding hydrogens is 296 g/mol. The highest BCUT2D eigenvalue weighted by molar-refractivity contribution is 5.88. The number of carbonyl (C=O) groups is 2. The first-order valence-electron chi connectivity index (χ1n) is 8.75. The number of hydrogen-bond acceptors (Lipinski definition) is 6. The lowest BCUT2D eigenvalue weighted by molar-refractivity contribution is -0.169. The predicted molar refractivity (Wildman–Crippen MR) is 77.7 cm³/mol. The van der Waals surface area contributed by atoms with Crippen LogP contribution in [0.3, 0.4) is 0 Å². The molecule has 0 amide bonds. The molecule has 2 N–H and O–H groups in total. The van der Waals surface area contributed by atoms with Gasteiger partial charge in [0, 0.05) is 11.8 Å². The van der Waals surface area contributed by atoms with Crippen LogP contribution < -0.4 is 10.6 Å². The smallest absolute Gasteiger partial charge is 0.316 e. The Bertz CT molecular complexity index is 682. The maximum atomic E-state index is 13.1. The minimum Gasteiger partial charge on any atom is -0.458 e. The van der Waals surface area contributed by atoms with Crippen molar-refractivity contribution in [2.24, 2.45) is 28.6 Å². The molecular formula is C17H22N2O4. The standard InChI is InChI=1S/C17H22N2O4/c1-14(2)6-16(14,17-15(3,18-17)19-17)13(21)23-10-7-4-8-9(5-7)12(20)22-11(8)10/h7-11,18-19H,4-6H2,1-3H3. The number of hydrogen-bond donors (Lipinski definition) is 2. The molecule has 3 saturated heterocycles. The van der Waals surface area contributed by atoms with Crippen LogP contribution in [-0.4, -0.2) is 35.5 Å². The van der Waals surface area contributed by atoms with E-state index in [2.05, 4.69) is 31.4 Å². The molecule has 2 bridgehead atoms. The van der Waals surface area contributed by atoms with Crippen LogP contribution in [0.25, 0.3) is 0 Å². The first kappa shape index (κ1) is 13.2. The summed E-state index contributed by atoms with van der Waals surface area (Å²) in [4.78, 5) is 25.0. The van der Waals surface area contributed by atoms with Crippen LogP contribution in [0.2, 0.25) is 0 Å². The van der Waals surface area contributed by atoms with E-state index in [-0.39, 0.29) is 52.7 Å². The Kier molecular flexibility index (Phi) is 1.82. The van der Waals surface area contributed by atoms with E-state index in [0.29, 0.717) is 5.92 Å². The van der Waals surface area contributed by atoms with Crippen LogP contribution in [0.4, 0.5) is 0 Å².